The molecule has 0 unspecified atom stereocenters. The van der Waals surface area contributed by atoms with Gasteiger partial charge in [-0.25, -0.2) is 0 Å². The molecule has 0 aromatic carbocycles. The van der Waals surface area contributed by atoms with Gasteiger partial charge in [0, 0.05) is 16.5 Å². The molecule has 1 amide bonds. The first-order chi connectivity index (χ1) is 1.73. The molecule has 0 aromatic heterocycles. The fraction of sp³-hybridized carbons (Fsp3) is 0. The predicted octanol–water partition coefficient (Wildman–Crippen LogP) is 0.714. The molecule has 0 spiro atoms. The Balaban J connectivity index is 0. The van der Waals surface area contributed by atoms with Crippen LogP contribution < -0.4 is 0 Å². The van der Waals surface area contributed by atoms with Gasteiger partial charge in [-0.3, -0.25) is 4.79 Å². The molecule has 0 saturated carbocycles. The molecule has 0 aromatic rings. The van der Waals surface area contributed by atoms with E-state index in [0.29, 0.717) is 0 Å². The fourth-order valence-electron chi connectivity index (χ4n) is 0. The summed E-state index contributed by atoms with van der Waals surface area (Å²) in [6.07, 6.45) is -1.58. The van der Waals surface area contributed by atoms with Gasteiger partial charge >= 0.3 is 0 Å². The summed E-state index contributed by atoms with van der Waals surface area (Å²) in [5.41, 5.74) is 5.50. The Bertz CT molecular complexity index is 32.6. The van der Waals surface area contributed by atoms with Crippen molar-refractivity contribution in [3.63, 3.8) is 0 Å². The van der Waals surface area contributed by atoms with E-state index in [1.54, 1.807) is 0 Å². The molecule has 0 aliphatic heterocycles. The van der Waals surface area contributed by atoms with E-state index in [4.69, 9.17) is 15.6 Å². The zero-order valence-electron chi connectivity index (χ0n) is 2.17. The second-order valence-electron chi connectivity index (χ2n) is 0.305. The maximum Gasteiger partial charge on any atom is 0.224 e. The predicted molar refractivity (Wildman–Crippen MR) is 12.3 cm³/mol. The van der Waals surface area contributed by atoms with Crippen LogP contribution in [0.15, 0.2) is 0 Å². The van der Waals surface area contributed by atoms with E-state index >= 15 is 0 Å². The second kappa shape index (κ2) is 3.76. The summed E-state index contributed by atoms with van der Waals surface area (Å²) in [6, 6.07) is 0. The first-order valence-corrected chi connectivity index (χ1v) is 0.678. The minimum Gasteiger partial charge on any atom is -0.632 e. The molecule has 0 bridgehead atoms. The first-order valence-electron chi connectivity index (χ1n) is 0.678. The van der Waals surface area contributed by atoms with Gasteiger partial charge in [-0.05, 0) is 0 Å². The molecule has 0 heterocycles. The molecule has 0 rings (SSSR count). The standard InChI is InChI=1S/CH2NO2.Ni/c2-1(3)4;/h2H,(H,3,4);/q-1;. The third-order valence-electron chi connectivity index (χ3n) is 0. The molecule has 34 valence electrons. The Morgan fingerprint density at radius 3 is 1.80 bits per heavy atom. The van der Waals surface area contributed by atoms with Crippen LogP contribution in [0.25, 0.3) is 5.73 Å². The number of carboxylic acid groups (broad SMARTS) is 1. The zero-order valence-corrected chi connectivity index (χ0v) is 3.16. The Morgan fingerprint density at radius 1 is 1.80 bits per heavy atom. The maximum absolute atomic E-state index is 8.67. The smallest absolute Gasteiger partial charge is 0.224 e. The van der Waals surface area contributed by atoms with Crippen molar-refractivity contribution in [1.29, 1.82) is 0 Å². The van der Waals surface area contributed by atoms with E-state index in [0.717, 1.165) is 0 Å². The summed E-state index contributed by atoms with van der Waals surface area (Å²) in [5, 5.41) is 7.08. The van der Waals surface area contributed by atoms with Gasteiger partial charge in [0.15, 0.2) is 0 Å². The maximum atomic E-state index is 8.67. The van der Waals surface area contributed by atoms with E-state index in [-0.39, 0.29) is 16.5 Å². The molecule has 3 nitrogen and oxygen atoms in total. The molecule has 0 aliphatic carbocycles. The van der Waals surface area contributed by atoms with Gasteiger partial charge in [0.1, 0.15) is 0 Å². The average molecular weight is 119 g/mol. The monoisotopic (exact) mass is 118 g/mol. The van der Waals surface area contributed by atoms with Crippen LogP contribution in [0.4, 0.5) is 4.79 Å². The Labute approximate surface area is 39.1 Å². The summed E-state index contributed by atoms with van der Waals surface area (Å²) in [7, 11) is 0. The van der Waals surface area contributed by atoms with E-state index in [2.05, 4.69) is 0 Å². The Hall–Kier alpha value is -0.236. The van der Waals surface area contributed by atoms with Crippen LogP contribution in [-0.4, -0.2) is 11.2 Å². The van der Waals surface area contributed by atoms with E-state index < -0.39 is 6.09 Å². The largest absolute Gasteiger partial charge is 0.632 e. The number of hydrogen-bond donors (Lipinski definition) is 1. The van der Waals surface area contributed by atoms with Gasteiger partial charge in [0.05, 0.1) is 0 Å². The molecule has 4 heteroatoms. The van der Waals surface area contributed by atoms with Crippen LogP contribution in [0.5, 0.6) is 0 Å². The normalized spacial score (nSPS) is 4.80. The van der Waals surface area contributed by atoms with Crippen molar-refractivity contribution in [2.24, 2.45) is 0 Å². The Kier molecular flexibility index (Phi) is 6.65. The third-order valence-corrected chi connectivity index (χ3v) is 0. The Morgan fingerprint density at radius 2 is 1.80 bits per heavy atom. The number of hydrogen-bond acceptors (Lipinski definition) is 1. The number of nitrogens with one attached hydrogen (secondary N) is 1. The fourth-order valence-corrected chi connectivity index (χ4v) is 0. The zero-order chi connectivity index (χ0) is 3.58. The second-order valence-corrected chi connectivity index (χ2v) is 0.305. The summed E-state index contributed by atoms with van der Waals surface area (Å²) >= 11 is 0. The van der Waals surface area contributed by atoms with Crippen molar-refractivity contribution in [2.45, 2.75) is 0 Å². The van der Waals surface area contributed by atoms with E-state index in [1.165, 1.54) is 0 Å². The van der Waals surface area contributed by atoms with Crippen molar-refractivity contribution >= 4 is 6.09 Å². The molecular formula is CH2NNiO2-. The van der Waals surface area contributed by atoms with Crippen LogP contribution in [-0.2, 0) is 16.5 Å². The van der Waals surface area contributed by atoms with Crippen molar-refractivity contribution in [1.82, 2.24) is 0 Å². The van der Waals surface area contributed by atoms with Crippen molar-refractivity contribution in [2.75, 3.05) is 0 Å². The molecule has 0 atom stereocenters. The summed E-state index contributed by atoms with van der Waals surface area (Å²) in [5.74, 6) is 0. The van der Waals surface area contributed by atoms with Crippen LogP contribution in [0.2, 0.25) is 0 Å². The van der Waals surface area contributed by atoms with Gasteiger partial charge in [-0.2, -0.15) is 0 Å². The topological polar surface area (TPSA) is 61.1 Å². The number of rotatable bonds is 0. The van der Waals surface area contributed by atoms with Crippen LogP contribution in [0, 0.1) is 0 Å². The number of amides is 1. The van der Waals surface area contributed by atoms with Gasteiger partial charge in [-0.1, -0.05) is 0 Å². The number of carbonyl (C=O) groups is 1. The van der Waals surface area contributed by atoms with Gasteiger partial charge in [-0.15, -0.1) is 0 Å². The first kappa shape index (κ1) is 8.83. The van der Waals surface area contributed by atoms with E-state index in [9.17, 15) is 0 Å². The minimum atomic E-state index is -1.58. The molecule has 0 saturated heterocycles. The van der Waals surface area contributed by atoms with Gasteiger partial charge in [0.25, 0.3) is 0 Å². The van der Waals surface area contributed by atoms with Crippen molar-refractivity contribution in [3.05, 3.63) is 5.73 Å². The quantitative estimate of drug-likeness (QED) is 0.477. The molecule has 0 fully saturated rings. The van der Waals surface area contributed by atoms with Crippen LogP contribution in [0.3, 0.4) is 0 Å². The van der Waals surface area contributed by atoms with Crippen LogP contribution >= 0.6 is 0 Å². The average Bonchev–Trinajstić information content (AvgIpc) is 0.811. The van der Waals surface area contributed by atoms with E-state index in [1.807, 2.05) is 0 Å². The van der Waals surface area contributed by atoms with Crippen LogP contribution in [0.1, 0.15) is 0 Å². The summed E-state index contributed by atoms with van der Waals surface area (Å²) < 4.78 is 0. The van der Waals surface area contributed by atoms with Gasteiger partial charge < -0.3 is 10.8 Å². The minimum absolute atomic E-state index is 0. The summed E-state index contributed by atoms with van der Waals surface area (Å²) in [4.78, 5) is 8.67. The van der Waals surface area contributed by atoms with Gasteiger partial charge in [0.2, 0.25) is 6.09 Å². The van der Waals surface area contributed by atoms with Crippen molar-refractivity contribution < 1.29 is 26.4 Å². The van der Waals surface area contributed by atoms with Crippen molar-refractivity contribution in [3.8, 4) is 0 Å². The molecule has 2 N–H and O–H groups in total. The third kappa shape index (κ3) is 209. The summed E-state index contributed by atoms with van der Waals surface area (Å²) in [6.45, 7) is 0. The molecule has 0 aliphatic rings. The molecular weight excluding hydrogens is 117 g/mol. The molecule has 0 radical (unpaired) electrons. The SMILES string of the molecule is [NH-]C(=O)O.[Ni]. The molecule has 5 heavy (non-hydrogen) atoms.